The third-order valence-electron chi connectivity index (χ3n) is 3.35. The van der Waals surface area contributed by atoms with Gasteiger partial charge in [-0.2, -0.15) is 5.26 Å². The Labute approximate surface area is 122 Å². The topological polar surface area (TPSA) is 56.6 Å². The van der Waals surface area contributed by atoms with Crippen LogP contribution in [0, 0.1) is 11.3 Å². The Morgan fingerprint density at radius 3 is 2.60 bits per heavy atom. The van der Waals surface area contributed by atoms with Gasteiger partial charge in [-0.15, -0.1) is 0 Å². The zero-order valence-electron chi connectivity index (χ0n) is 13.2. The monoisotopic (exact) mass is 281 g/mol. The van der Waals surface area contributed by atoms with Crippen LogP contribution in [0.5, 0.6) is 0 Å². The summed E-state index contributed by atoms with van der Waals surface area (Å²) in [5.74, 6) is 0. The molecule has 0 bridgehead atoms. The zero-order chi connectivity index (χ0) is 15.2. The molecule has 0 spiro atoms. The number of ether oxygens (including phenoxy) is 1. The van der Waals surface area contributed by atoms with Gasteiger partial charge in [0.05, 0.1) is 6.07 Å². The maximum atomic E-state index is 12.1. The van der Waals surface area contributed by atoms with Gasteiger partial charge in [-0.3, -0.25) is 4.90 Å². The zero-order valence-corrected chi connectivity index (χ0v) is 13.2. The molecule has 5 nitrogen and oxygen atoms in total. The van der Waals surface area contributed by atoms with Crippen molar-refractivity contribution in [3.63, 3.8) is 0 Å². The third kappa shape index (κ3) is 5.79. The number of hydrogen-bond acceptors (Lipinski definition) is 4. The van der Waals surface area contributed by atoms with E-state index < -0.39 is 5.60 Å². The Morgan fingerprint density at radius 2 is 2.05 bits per heavy atom. The molecule has 1 amide bonds. The first-order valence-electron chi connectivity index (χ1n) is 7.42. The maximum absolute atomic E-state index is 12.1. The van der Waals surface area contributed by atoms with E-state index >= 15 is 0 Å². The van der Waals surface area contributed by atoms with Crippen LogP contribution in [0.25, 0.3) is 0 Å². The standard InChI is InChI=1S/C15H27N3O2/c1-13-12-17(9-7-5-6-8-16)10-11-18(13)14(19)20-15(2,3)4/h13H,5-7,9-12H2,1-4H3/t13-/m1/s1. The summed E-state index contributed by atoms with van der Waals surface area (Å²) in [5, 5.41) is 8.51. The number of unbranched alkanes of at least 4 members (excludes halogenated alkanes) is 2. The highest BCUT2D eigenvalue weighted by atomic mass is 16.6. The van der Waals surface area contributed by atoms with E-state index in [0.717, 1.165) is 32.5 Å². The van der Waals surface area contributed by atoms with Crippen molar-refractivity contribution >= 4 is 6.09 Å². The molecule has 20 heavy (non-hydrogen) atoms. The molecule has 114 valence electrons. The van der Waals surface area contributed by atoms with Crippen LogP contribution in [0.15, 0.2) is 0 Å². The molecular formula is C15H27N3O2. The minimum absolute atomic E-state index is 0.176. The molecule has 5 heteroatoms. The summed E-state index contributed by atoms with van der Waals surface area (Å²) >= 11 is 0. The molecule has 1 heterocycles. The Morgan fingerprint density at radius 1 is 1.35 bits per heavy atom. The Balaban J connectivity index is 2.36. The molecular weight excluding hydrogens is 254 g/mol. The van der Waals surface area contributed by atoms with Crippen molar-refractivity contribution in [2.45, 2.75) is 58.6 Å². The van der Waals surface area contributed by atoms with E-state index in [4.69, 9.17) is 10.00 Å². The second-order valence-electron chi connectivity index (χ2n) is 6.44. The van der Waals surface area contributed by atoms with E-state index in [1.165, 1.54) is 0 Å². The van der Waals surface area contributed by atoms with Crippen LogP contribution in [0.2, 0.25) is 0 Å². The van der Waals surface area contributed by atoms with Gasteiger partial charge in [-0.1, -0.05) is 0 Å². The van der Waals surface area contributed by atoms with E-state index in [-0.39, 0.29) is 12.1 Å². The number of nitrogens with zero attached hydrogens (tertiary/aromatic N) is 3. The molecule has 0 N–H and O–H groups in total. The lowest BCUT2D eigenvalue weighted by molar-refractivity contribution is 0.00136. The summed E-state index contributed by atoms with van der Waals surface area (Å²) in [4.78, 5) is 16.3. The molecule has 0 aromatic rings. The van der Waals surface area contributed by atoms with Crippen molar-refractivity contribution in [3.8, 4) is 6.07 Å². The number of carbonyl (C=O) groups is 1. The fraction of sp³-hybridized carbons (Fsp3) is 0.867. The van der Waals surface area contributed by atoms with Gasteiger partial charge < -0.3 is 9.64 Å². The van der Waals surface area contributed by atoms with Crippen LogP contribution in [0.4, 0.5) is 4.79 Å². The lowest BCUT2D eigenvalue weighted by Gasteiger charge is -2.40. The smallest absolute Gasteiger partial charge is 0.410 e. The van der Waals surface area contributed by atoms with Gasteiger partial charge in [-0.25, -0.2) is 4.79 Å². The van der Waals surface area contributed by atoms with Crippen molar-refractivity contribution in [2.24, 2.45) is 0 Å². The summed E-state index contributed by atoms with van der Waals surface area (Å²) in [6.45, 7) is 11.2. The average Bonchev–Trinajstić information content (AvgIpc) is 2.32. The van der Waals surface area contributed by atoms with Crippen LogP contribution in [-0.2, 0) is 4.74 Å². The second-order valence-corrected chi connectivity index (χ2v) is 6.44. The fourth-order valence-electron chi connectivity index (χ4n) is 2.37. The summed E-state index contributed by atoms with van der Waals surface area (Å²) < 4.78 is 5.43. The van der Waals surface area contributed by atoms with Crippen molar-refractivity contribution < 1.29 is 9.53 Å². The van der Waals surface area contributed by atoms with Crippen LogP contribution in [0.3, 0.4) is 0 Å². The molecule has 0 radical (unpaired) electrons. The number of rotatable bonds is 4. The van der Waals surface area contributed by atoms with E-state index in [1.54, 1.807) is 0 Å². The minimum atomic E-state index is -0.439. The van der Waals surface area contributed by atoms with Crippen LogP contribution in [0.1, 0.15) is 47.0 Å². The average molecular weight is 281 g/mol. The molecule has 0 aromatic heterocycles. The van der Waals surface area contributed by atoms with Crippen LogP contribution >= 0.6 is 0 Å². The van der Waals surface area contributed by atoms with Crippen molar-refractivity contribution in [1.82, 2.24) is 9.80 Å². The molecule has 1 atom stereocenters. The van der Waals surface area contributed by atoms with Crippen LogP contribution in [-0.4, -0.2) is 53.7 Å². The van der Waals surface area contributed by atoms with Gasteiger partial charge in [0.2, 0.25) is 0 Å². The number of hydrogen-bond donors (Lipinski definition) is 0. The lowest BCUT2D eigenvalue weighted by atomic mass is 10.1. The lowest BCUT2D eigenvalue weighted by Crippen LogP contribution is -2.55. The molecule has 1 fully saturated rings. The van der Waals surface area contributed by atoms with Gasteiger partial charge >= 0.3 is 6.09 Å². The summed E-state index contributed by atoms with van der Waals surface area (Å²) in [5.41, 5.74) is -0.439. The highest BCUT2D eigenvalue weighted by Gasteiger charge is 2.30. The van der Waals surface area contributed by atoms with E-state index in [9.17, 15) is 4.79 Å². The van der Waals surface area contributed by atoms with Crippen molar-refractivity contribution in [3.05, 3.63) is 0 Å². The molecule has 0 unspecified atom stereocenters. The first kappa shape index (κ1) is 16.8. The molecule has 1 aliphatic heterocycles. The second kappa shape index (κ2) is 7.49. The third-order valence-corrected chi connectivity index (χ3v) is 3.35. The molecule has 0 aromatic carbocycles. The largest absolute Gasteiger partial charge is 0.444 e. The predicted molar refractivity (Wildman–Crippen MR) is 78.3 cm³/mol. The highest BCUT2D eigenvalue weighted by molar-refractivity contribution is 5.68. The van der Waals surface area contributed by atoms with E-state index in [1.807, 2.05) is 25.7 Å². The van der Waals surface area contributed by atoms with Gasteiger partial charge in [0.1, 0.15) is 5.60 Å². The Hall–Kier alpha value is -1.28. The summed E-state index contributed by atoms with van der Waals surface area (Å²) in [6, 6.07) is 2.35. The van der Waals surface area contributed by atoms with Gasteiger partial charge in [-0.05, 0) is 47.1 Å². The van der Waals surface area contributed by atoms with Crippen molar-refractivity contribution in [1.29, 1.82) is 5.26 Å². The maximum Gasteiger partial charge on any atom is 0.410 e. The van der Waals surface area contributed by atoms with Crippen LogP contribution < -0.4 is 0 Å². The number of piperazine rings is 1. The van der Waals surface area contributed by atoms with E-state index in [2.05, 4.69) is 17.9 Å². The summed E-state index contributed by atoms with van der Waals surface area (Å²) in [7, 11) is 0. The van der Waals surface area contributed by atoms with Crippen molar-refractivity contribution in [2.75, 3.05) is 26.2 Å². The number of nitriles is 1. The Kier molecular flexibility index (Phi) is 6.28. The molecule has 1 rings (SSSR count). The molecule has 0 aliphatic carbocycles. The van der Waals surface area contributed by atoms with Gasteiger partial charge in [0, 0.05) is 32.1 Å². The summed E-state index contributed by atoms with van der Waals surface area (Å²) in [6.07, 6.45) is 2.42. The molecule has 1 saturated heterocycles. The normalized spacial score (nSPS) is 20.6. The van der Waals surface area contributed by atoms with E-state index in [0.29, 0.717) is 13.0 Å². The SMILES string of the molecule is C[C@@H]1CN(CCCCC#N)CCN1C(=O)OC(C)(C)C. The fourth-order valence-corrected chi connectivity index (χ4v) is 2.37. The number of carbonyl (C=O) groups excluding carboxylic acids is 1. The molecule has 1 aliphatic rings. The quantitative estimate of drug-likeness (QED) is 0.743. The first-order valence-corrected chi connectivity index (χ1v) is 7.42. The van der Waals surface area contributed by atoms with Gasteiger partial charge in [0.25, 0.3) is 0 Å². The Bertz CT molecular complexity index is 357. The first-order chi connectivity index (χ1) is 9.33. The molecule has 0 saturated carbocycles. The highest BCUT2D eigenvalue weighted by Crippen LogP contribution is 2.16. The predicted octanol–water partition coefficient (Wildman–Crippen LogP) is 2.62. The minimum Gasteiger partial charge on any atom is -0.444 e. The van der Waals surface area contributed by atoms with Gasteiger partial charge in [0.15, 0.2) is 0 Å². The number of amides is 1.